The smallest absolute Gasteiger partial charge is 0.290 e. The minimum atomic E-state index is -0.570. The summed E-state index contributed by atoms with van der Waals surface area (Å²) in [5.74, 6) is 0.848. The second-order valence-electron chi connectivity index (χ2n) is 4.41. The number of hydrogen-bond donors (Lipinski definition) is 0. The summed E-state index contributed by atoms with van der Waals surface area (Å²) in [7, 11) is 0. The molecule has 0 N–H and O–H groups in total. The molecule has 19 heavy (non-hydrogen) atoms. The molecule has 1 aliphatic heterocycles. The number of nitro benzene ring substituents is 1. The van der Waals surface area contributed by atoms with Crippen molar-refractivity contribution in [1.29, 1.82) is 5.26 Å². The van der Waals surface area contributed by atoms with Gasteiger partial charge >= 0.3 is 0 Å². The maximum Gasteiger partial charge on any atom is 0.290 e. The lowest BCUT2D eigenvalue weighted by atomic mass is 10.0. The highest BCUT2D eigenvalue weighted by atomic mass is 16.6. The standard InChI is InChI=1S/C13H14N2O4/c14-8-11-1-2-12(7-13(11)15(16)17)19-9-10-3-5-18-6-4-10/h1-2,7,10H,3-6,9H2. The van der Waals surface area contributed by atoms with Crippen LogP contribution in [0.4, 0.5) is 5.69 Å². The molecular formula is C13H14N2O4. The molecule has 0 aromatic heterocycles. The Morgan fingerprint density at radius 2 is 2.21 bits per heavy atom. The molecule has 0 unspecified atom stereocenters. The van der Waals surface area contributed by atoms with Gasteiger partial charge in [0.1, 0.15) is 17.4 Å². The number of ether oxygens (including phenoxy) is 2. The van der Waals surface area contributed by atoms with E-state index in [9.17, 15) is 10.1 Å². The molecular weight excluding hydrogens is 248 g/mol. The quantitative estimate of drug-likeness (QED) is 0.613. The third-order valence-electron chi connectivity index (χ3n) is 3.11. The Balaban J connectivity index is 2.02. The molecule has 6 nitrogen and oxygen atoms in total. The fraction of sp³-hybridized carbons (Fsp3) is 0.462. The Bertz CT molecular complexity index is 504. The summed E-state index contributed by atoms with van der Waals surface area (Å²) in [4.78, 5) is 10.3. The van der Waals surface area contributed by atoms with E-state index < -0.39 is 4.92 Å². The minimum Gasteiger partial charge on any atom is -0.493 e. The Labute approximate surface area is 110 Å². The van der Waals surface area contributed by atoms with Gasteiger partial charge in [-0.05, 0) is 30.9 Å². The number of nitrogens with zero attached hydrogens (tertiary/aromatic N) is 2. The van der Waals surface area contributed by atoms with Crippen molar-refractivity contribution >= 4 is 5.69 Å². The van der Waals surface area contributed by atoms with Crippen LogP contribution in [0, 0.1) is 27.4 Å². The van der Waals surface area contributed by atoms with Gasteiger partial charge in [-0.3, -0.25) is 10.1 Å². The molecule has 1 aromatic carbocycles. The van der Waals surface area contributed by atoms with Crippen molar-refractivity contribution in [2.45, 2.75) is 12.8 Å². The van der Waals surface area contributed by atoms with Crippen LogP contribution in [0.5, 0.6) is 5.75 Å². The van der Waals surface area contributed by atoms with Gasteiger partial charge in [0.15, 0.2) is 0 Å². The topological polar surface area (TPSA) is 85.4 Å². The van der Waals surface area contributed by atoms with Crippen LogP contribution in [0.15, 0.2) is 18.2 Å². The van der Waals surface area contributed by atoms with Gasteiger partial charge in [0.2, 0.25) is 0 Å². The molecule has 100 valence electrons. The highest BCUT2D eigenvalue weighted by Gasteiger charge is 2.17. The molecule has 1 aliphatic rings. The lowest BCUT2D eigenvalue weighted by Crippen LogP contribution is -2.21. The lowest BCUT2D eigenvalue weighted by Gasteiger charge is -2.22. The first kappa shape index (κ1) is 13.3. The molecule has 0 saturated carbocycles. The van der Waals surface area contributed by atoms with Gasteiger partial charge in [0.25, 0.3) is 5.69 Å². The third-order valence-corrected chi connectivity index (χ3v) is 3.11. The molecule has 0 atom stereocenters. The van der Waals surface area contributed by atoms with Gasteiger partial charge in [0.05, 0.1) is 17.6 Å². The van der Waals surface area contributed by atoms with E-state index in [1.54, 1.807) is 12.1 Å². The zero-order chi connectivity index (χ0) is 13.7. The average Bonchev–Trinajstić information content (AvgIpc) is 2.46. The van der Waals surface area contributed by atoms with Crippen LogP contribution in [-0.2, 0) is 4.74 Å². The van der Waals surface area contributed by atoms with E-state index in [0.29, 0.717) is 18.3 Å². The van der Waals surface area contributed by atoms with Crippen LogP contribution in [0.25, 0.3) is 0 Å². The highest BCUT2D eigenvalue weighted by molar-refractivity contribution is 5.52. The maximum absolute atomic E-state index is 10.8. The number of rotatable bonds is 4. The number of hydrogen-bond acceptors (Lipinski definition) is 5. The second kappa shape index (κ2) is 6.16. The average molecular weight is 262 g/mol. The van der Waals surface area contributed by atoms with Crippen LogP contribution in [0.3, 0.4) is 0 Å². The summed E-state index contributed by atoms with van der Waals surface area (Å²) in [6.07, 6.45) is 1.89. The Morgan fingerprint density at radius 3 is 2.84 bits per heavy atom. The van der Waals surface area contributed by atoms with Crippen LogP contribution < -0.4 is 4.74 Å². The summed E-state index contributed by atoms with van der Waals surface area (Å²) < 4.78 is 10.8. The Hall–Kier alpha value is -2.13. The van der Waals surface area contributed by atoms with Gasteiger partial charge in [-0.2, -0.15) is 5.26 Å². The molecule has 1 fully saturated rings. The maximum atomic E-state index is 10.8. The largest absolute Gasteiger partial charge is 0.493 e. The molecule has 1 heterocycles. The molecule has 0 amide bonds. The first-order valence-electron chi connectivity index (χ1n) is 6.10. The van der Waals surface area contributed by atoms with E-state index in [1.165, 1.54) is 12.1 Å². The normalized spacial score (nSPS) is 15.7. The third kappa shape index (κ3) is 3.42. The minimum absolute atomic E-state index is 0.0448. The van der Waals surface area contributed by atoms with Gasteiger partial charge < -0.3 is 9.47 Å². The van der Waals surface area contributed by atoms with Crippen LogP contribution in [0.2, 0.25) is 0 Å². The van der Waals surface area contributed by atoms with E-state index in [2.05, 4.69) is 0 Å². The van der Waals surface area contributed by atoms with E-state index >= 15 is 0 Å². The lowest BCUT2D eigenvalue weighted by molar-refractivity contribution is -0.385. The summed E-state index contributed by atoms with van der Waals surface area (Å²) in [6.45, 7) is 2.00. The first-order chi connectivity index (χ1) is 9.20. The van der Waals surface area contributed by atoms with Gasteiger partial charge in [-0.1, -0.05) is 0 Å². The van der Waals surface area contributed by atoms with Crippen molar-refractivity contribution < 1.29 is 14.4 Å². The zero-order valence-electron chi connectivity index (χ0n) is 10.4. The predicted octanol–water partition coefficient (Wildman–Crippen LogP) is 2.27. The van der Waals surface area contributed by atoms with Crippen molar-refractivity contribution in [3.05, 3.63) is 33.9 Å². The zero-order valence-corrected chi connectivity index (χ0v) is 10.4. The van der Waals surface area contributed by atoms with Crippen LogP contribution in [0.1, 0.15) is 18.4 Å². The van der Waals surface area contributed by atoms with Gasteiger partial charge in [-0.25, -0.2) is 0 Å². The molecule has 2 rings (SSSR count). The van der Waals surface area contributed by atoms with Crippen molar-refractivity contribution in [2.24, 2.45) is 5.92 Å². The molecule has 6 heteroatoms. The summed E-state index contributed by atoms with van der Waals surface area (Å²) in [5.41, 5.74) is -0.171. The fourth-order valence-corrected chi connectivity index (χ4v) is 1.97. The summed E-state index contributed by atoms with van der Waals surface area (Å²) in [5, 5.41) is 19.6. The second-order valence-corrected chi connectivity index (χ2v) is 4.41. The molecule has 0 radical (unpaired) electrons. The molecule has 0 aliphatic carbocycles. The van der Waals surface area contributed by atoms with Crippen molar-refractivity contribution in [2.75, 3.05) is 19.8 Å². The molecule has 0 spiro atoms. The van der Waals surface area contributed by atoms with E-state index in [4.69, 9.17) is 14.7 Å². The van der Waals surface area contributed by atoms with Gasteiger partial charge in [0, 0.05) is 13.2 Å². The van der Waals surface area contributed by atoms with Crippen LogP contribution in [-0.4, -0.2) is 24.7 Å². The van der Waals surface area contributed by atoms with Crippen molar-refractivity contribution in [3.63, 3.8) is 0 Å². The first-order valence-corrected chi connectivity index (χ1v) is 6.10. The van der Waals surface area contributed by atoms with Crippen molar-refractivity contribution in [1.82, 2.24) is 0 Å². The van der Waals surface area contributed by atoms with Gasteiger partial charge in [-0.15, -0.1) is 0 Å². The highest BCUT2D eigenvalue weighted by Crippen LogP contribution is 2.25. The number of nitro groups is 1. The summed E-state index contributed by atoms with van der Waals surface area (Å²) >= 11 is 0. The Kier molecular flexibility index (Phi) is 4.31. The molecule has 1 aromatic rings. The van der Waals surface area contributed by atoms with Crippen molar-refractivity contribution in [3.8, 4) is 11.8 Å². The van der Waals surface area contributed by atoms with Crippen LogP contribution >= 0.6 is 0 Å². The molecule has 1 saturated heterocycles. The van der Waals surface area contributed by atoms with E-state index in [1.807, 2.05) is 0 Å². The molecule has 0 bridgehead atoms. The fourth-order valence-electron chi connectivity index (χ4n) is 1.97. The number of benzene rings is 1. The SMILES string of the molecule is N#Cc1ccc(OCC2CCOCC2)cc1[N+](=O)[O-]. The van der Waals surface area contributed by atoms with E-state index in [0.717, 1.165) is 26.1 Å². The van der Waals surface area contributed by atoms with E-state index in [-0.39, 0.29) is 11.3 Å². The predicted molar refractivity (Wildman–Crippen MR) is 66.8 cm³/mol. The monoisotopic (exact) mass is 262 g/mol. The number of nitriles is 1. The Morgan fingerprint density at radius 1 is 1.47 bits per heavy atom. The summed E-state index contributed by atoms with van der Waals surface area (Å²) in [6, 6.07) is 6.10.